The number of ether oxygens (including phenoxy) is 1. The topological polar surface area (TPSA) is 103 Å². The highest BCUT2D eigenvalue weighted by Gasteiger charge is 2.49. The molecule has 7 rings (SSSR count). The fourth-order valence-corrected chi connectivity index (χ4v) is 6.23. The second kappa shape index (κ2) is 8.20. The molecule has 0 unspecified atom stereocenters. The van der Waals surface area contributed by atoms with E-state index in [-0.39, 0.29) is 41.1 Å². The van der Waals surface area contributed by atoms with E-state index in [0.29, 0.717) is 40.8 Å². The van der Waals surface area contributed by atoms with Crippen molar-refractivity contribution in [1.82, 2.24) is 29.8 Å². The molecule has 3 atom stereocenters. The summed E-state index contributed by atoms with van der Waals surface area (Å²) in [7, 11) is 0. The predicted molar refractivity (Wildman–Crippen MR) is 135 cm³/mol. The SMILES string of the molecule is C[C@H]1CCN1c1nc(-c2cccc3[nH]c(=O)[nH]c23)c(F)c2nc(OC[C@@]34CCCN3C[C@H](F)C4)ncc12. The number of anilines is 1. The summed E-state index contributed by atoms with van der Waals surface area (Å²) in [5.74, 6) is -0.0118. The Bertz CT molecular complexity index is 1590. The van der Waals surface area contributed by atoms with Crippen molar-refractivity contribution in [3.63, 3.8) is 0 Å². The number of alkyl halides is 1. The van der Waals surface area contributed by atoms with Crippen LogP contribution in [0.2, 0.25) is 0 Å². The maximum absolute atomic E-state index is 16.2. The maximum Gasteiger partial charge on any atom is 0.323 e. The Morgan fingerprint density at radius 3 is 2.95 bits per heavy atom. The first-order valence-corrected chi connectivity index (χ1v) is 12.8. The van der Waals surface area contributed by atoms with Crippen molar-refractivity contribution >= 4 is 27.8 Å². The highest BCUT2D eigenvalue weighted by molar-refractivity contribution is 5.97. The standard InChI is InChI=1S/C26H27F2N7O2/c1-14-6-9-35(14)23-17-11-29-25(37-13-26-7-3-8-34(26)12-15(27)10-26)33-22(17)19(28)21(31-23)16-4-2-5-18-20(16)32-24(36)30-18/h2,4-5,11,14-15H,3,6-10,12-13H2,1H3,(H2,30,32,36)/t14-,15+,26-/m0/s1. The smallest absolute Gasteiger partial charge is 0.323 e. The molecule has 0 spiro atoms. The third-order valence-corrected chi connectivity index (χ3v) is 8.27. The minimum atomic E-state index is -0.865. The van der Waals surface area contributed by atoms with Crippen LogP contribution in [0, 0.1) is 5.82 Å². The molecule has 0 radical (unpaired) electrons. The molecule has 11 heteroatoms. The van der Waals surface area contributed by atoms with E-state index in [4.69, 9.17) is 9.72 Å². The van der Waals surface area contributed by atoms with Crippen molar-refractivity contribution in [2.45, 2.75) is 50.4 Å². The molecule has 3 aliphatic heterocycles. The van der Waals surface area contributed by atoms with Crippen LogP contribution in [0.5, 0.6) is 6.01 Å². The highest BCUT2D eigenvalue weighted by Crippen LogP contribution is 2.41. The van der Waals surface area contributed by atoms with Crippen LogP contribution in [-0.4, -0.2) is 73.8 Å². The van der Waals surface area contributed by atoms with E-state index in [0.717, 1.165) is 32.4 Å². The van der Waals surface area contributed by atoms with Gasteiger partial charge in [0.25, 0.3) is 0 Å². The van der Waals surface area contributed by atoms with Crippen molar-refractivity contribution in [1.29, 1.82) is 0 Å². The molecule has 192 valence electrons. The number of hydrogen-bond donors (Lipinski definition) is 2. The fraction of sp³-hybridized carbons (Fsp3) is 0.462. The highest BCUT2D eigenvalue weighted by atomic mass is 19.1. The average molecular weight is 508 g/mol. The van der Waals surface area contributed by atoms with E-state index < -0.39 is 12.0 Å². The van der Waals surface area contributed by atoms with Crippen LogP contribution in [0.4, 0.5) is 14.6 Å². The van der Waals surface area contributed by atoms with Crippen molar-refractivity contribution in [2.24, 2.45) is 0 Å². The Labute approximate surface area is 210 Å². The molecule has 3 saturated heterocycles. The minimum Gasteiger partial charge on any atom is -0.461 e. The van der Waals surface area contributed by atoms with Crippen LogP contribution in [-0.2, 0) is 0 Å². The minimum absolute atomic E-state index is 0.0583. The van der Waals surface area contributed by atoms with Gasteiger partial charge in [0, 0.05) is 37.3 Å². The van der Waals surface area contributed by atoms with E-state index in [1.165, 1.54) is 0 Å². The van der Waals surface area contributed by atoms with Gasteiger partial charge in [-0.1, -0.05) is 12.1 Å². The summed E-state index contributed by atoms with van der Waals surface area (Å²) >= 11 is 0. The first-order valence-electron chi connectivity index (χ1n) is 12.8. The largest absolute Gasteiger partial charge is 0.461 e. The quantitative estimate of drug-likeness (QED) is 0.426. The van der Waals surface area contributed by atoms with E-state index in [9.17, 15) is 9.18 Å². The number of nitrogens with zero attached hydrogens (tertiary/aromatic N) is 5. The summed E-state index contributed by atoms with van der Waals surface area (Å²) in [5.41, 5.74) is 0.991. The second-order valence-electron chi connectivity index (χ2n) is 10.5. The van der Waals surface area contributed by atoms with E-state index >= 15 is 4.39 Å². The van der Waals surface area contributed by atoms with Gasteiger partial charge >= 0.3 is 11.7 Å². The number of para-hydroxylation sites is 1. The Kier molecular flexibility index (Phi) is 5.01. The van der Waals surface area contributed by atoms with Gasteiger partial charge in [-0.3, -0.25) is 4.90 Å². The first-order chi connectivity index (χ1) is 17.9. The maximum atomic E-state index is 16.2. The van der Waals surface area contributed by atoms with Gasteiger partial charge in [0.1, 0.15) is 29.8 Å². The van der Waals surface area contributed by atoms with Gasteiger partial charge in [-0.15, -0.1) is 0 Å². The second-order valence-corrected chi connectivity index (χ2v) is 10.5. The van der Waals surface area contributed by atoms with Gasteiger partial charge in [-0.25, -0.2) is 23.5 Å². The van der Waals surface area contributed by atoms with Crippen LogP contribution in [0.25, 0.3) is 33.2 Å². The molecular weight excluding hydrogens is 480 g/mol. The molecule has 0 saturated carbocycles. The molecule has 1 aromatic carbocycles. The molecule has 3 fully saturated rings. The number of H-pyrrole nitrogens is 2. The number of halogens is 2. The molecule has 3 aliphatic rings. The lowest BCUT2D eigenvalue weighted by Crippen LogP contribution is -2.46. The van der Waals surface area contributed by atoms with E-state index in [1.807, 2.05) is 0 Å². The third-order valence-electron chi connectivity index (χ3n) is 8.27. The molecule has 37 heavy (non-hydrogen) atoms. The summed E-state index contributed by atoms with van der Waals surface area (Å²) < 4.78 is 36.3. The number of aromatic amines is 2. The van der Waals surface area contributed by atoms with Crippen molar-refractivity contribution < 1.29 is 13.5 Å². The molecule has 3 aromatic heterocycles. The Morgan fingerprint density at radius 2 is 2.14 bits per heavy atom. The molecule has 4 aromatic rings. The molecule has 9 nitrogen and oxygen atoms in total. The summed E-state index contributed by atoms with van der Waals surface area (Å²) in [6.07, 6.45) is 4.00. The average Bonchev–Trinajstić information content (AvgIpc) is 3.54. The zero-order valence-electron chi connectivity index (χ0n) is 20.4. The fourth-order valence-electron chi connectivity index (χ4n) is 6.23. The zero-order valence-corrected chi connectivity index (χ0v) is 20.4. The summed E-state index contributed by atoms with van der Waals surface area (Å²) in [5, 5.41) is 0.500. The third kappa shape index (κ3) is 3.51. The lowest BCUT2D eigenvalue weighted by molar-refractivity contribution is 0.107. The molecular formula is C26H27F2N7O2. The van der Waals surface area contributed by atoms with Crippen LogP contribution < -0.4 is 15.3 Å². The number of nitrogens with one attached hydrogen (secondary N) is 2. The summed E-state index contributed by atoms with van der Waals surface area (Å²) in [6.45, 7) is 4.43. The van der Waals surface area contributed by atoms with Gasteiger partial charge in [0.15, 0.2) is 5.82 Å². The van der Waals surface area contributed by atoms with E-state index in [2.05, 4.69) is 36.7 Å². The number of hydrogen-bond acceptors (Lipinski definition) is 7. The molecule has 2 N–H and O–H groups in total. The predicted octanol–water partition coefficient (Wildman–Crippen LogP) is 3.55. The van der Waals surface area contributed by atoms with Crippen molar-refractivity contribution in [3.8, 4) is 17.3 Å². The molecule has 0 aliphatic carbocycles. The van der Waals surface area contributed by atoms with Crippen LogP contribution in [0.15, 0.2) is 29.2 Å². The Morgan fingerprint density at radius 1 is 1.24 bits per heavy atom. The lowest BCUT2D eigenvalue weighted by atomic mass is 9.95. The van der Waals surface area contributed by atoms with E-state index in [1.54, 1.807) is 24.4 Å². The first kappa shape index (κ1) is 22.6. The van der Waals surface area contributed by atoms with Gasteiger partial charge < -0.3 is 19.6 Å². The molecule has 6 heterocycles. The number of imidazole rings is 1. The zero-order chi connectivity index (χ0) is 25.3. The van der Waals surface area contributed by atoms with Crippen molar-refractivity contribution in [3.05, 3.63) is 40.7 Å². The van der Waals surface area contributed by atoms with Crippen molar-refractivity contribution in [2.75, 3.05) is 31.1 Å². The van der Waals surface area contributed by atoms with Gasteiger partial charge in [0.05, 0.1) is 22.0 Å². The monoisotopic (exact) mass is 507 g/mol. The van der Waals surface area contributed by atoms with Crippen LogP contribution >= 0.6 is 0 Å². The normalized spacial score (nSPS) is 25.6. The van der Waals surface area contributed by atoms with Crippen LogP contribution in [0.3, 0.4) is 0 Å². The lowest BCUT2D eigenvalue weighted by Gasteiger charge is -2.40. The summed E-state index contributed by atoms with van der Waals surface area (Å²) in [6, 6.07) is 5.53. The molecule has 0 amide bonds. The number of pyridine rings is 1. The Balaban J connectivity index is 1.33. The number of benzene rings is 1. The Hall–Kier alpha value is -3.60. The van der Waals surface area contributed by atoms with Gasteiger partial charge in [0.2, 0.25) is 0 Å². The van der Waals surface area contributed by atoms with Crippen LogP contribution in [0.1, 0.15) is 32.6 Å². The van der Waals surface area contributed by atoms with Gasteiger partial charge in [-0.2, -0.15) is 4.98 Å². The number of rotatable bonds is 5. The number of fused-ring (bicyclic) bond motifs is 3. The number of aromatic nitrogens is 5. The van der Waals surface area contributed by atoms with Gasteiger partial charge in [-0.05, 0) is 38.8 Å². The molecule has 0 bridgehead atoms. The summed E-state index contributed by atoms with van der Waals surface area (Å²) in [4.78, 5) is 35.3.